The lowest BCUT2D eigenvalue weighted by molar-refractivity contribution is -0.154. The van der Waals surface area contributed by atoms with E-state index in [0.717, 1.165) is 0 Å². The molecule has 2 N–H and O–H groups in total. The van der Waals surface area contributed by atoms with Crippen molar-refractivity contribution in [2.24, 2.45) is 0 Å². The molecule has 2 aromatic carbocycles. The lowest BCUT2D eigenvalue weighted by atomic mass is 10.2. The van der Waals surface area contributed by atoms with Gasteiger partial charge in [0.2, 0.25) is 0 Å². The highest BCUT2D eigenvalue weighted by Crippen LogP contribution is 2.18. The van der Waals surface area contributed by atoms with Crippen molar-refractivity contribution >= 4 is 17.8 Å². The van der Waals surface area contributed by atoms with Crippen molar-refractivity contribution in [3.63, 3.8) is 0 Å². The molecule has 0 radical (unpaired) electrons. The van der Waals surface area contributed by atoms with Crippen molar-refractivity contribution in [1.29, 1.82) is 0 Å². The van der Waals surface area contributed by atoms with Crippen LogP contribution in [-0.2, 0) is 14.3 Å². The fourth-order valence-electron chi connectivity index (χ4n) is 1.98. The Kier molecular flexibility index (Phi) is 7.18. The van der Waals surface area contributed by atoms with Gasteiger partial charge in [0.1, 0.15) is 11.5 Å². The number of hydrazine groups is 1. The van der Waals surface area contributed by atoms with E-state index in [-0.39, 0.29) is 0 Å². The number of hydrogen-bond acceptors (Lipinski definition) is 6. The first-order valence-electron chi connectivity index (χ1n) is 8.11. The highest BCUT2D eigenvalue weighted by Gasteiger charge is 2.18. The van der Waals surface area contributed by atoms with Crippen LogP contribution in [0.2, 0.25) is 0 Å². The van der Waals surface area contributed by atoms with Gasteiger partial charge < -0.3 is 14.2 Å². The van der Waals surface area contributed by atoms with Gasteiger partial charge in [0.25, 0.3) is 11.8 Å². The highest BCUT2D eigenvalue weighted by molar-refractivity contribution is 5.95. The molecule has 0 aliphatic rings. The number of ether oxygens (including phenoxy) is 3. The molecule has 0 aromatic heterocycles. The quantitative estimate of drug-likeness (QED) is 0.564. The second kappa shape index (κ2) is 9.81. The van der Waals surface area contributed by atoms with Crippen molar-refractivity contribution in [2.75, 3.05) is 13.7 Å². The number of methoxy groups -OCH3 is 1. The number of carbonyl (C=O) groups excluding carboxylic acids is 3. The summed E-state index contributed by atoms with van der Waals surface area (Å²) in [5, 5.41) is 0. The first-order chi connectivity index (χ1) is 13.0. The SMILES string of the molecule is COc1ccc(OC(C)C(=O)OCC(=O)NNC(=O)c2ccccc2)cc1. The first-order valence-corrected chi connectivity index (χ1v) is 8.11. The zero-order valence-corrected chi connectivity index (χ0v) is 14.9. The molecule has 8 nitrogen and oxygen atoms in total. The van der Waals surface area contributed by atoms with Gasteiger partial charge in [-0.25, -0.2) is 4.79 Å². The Morgan fingerprint density at radius 3 is 2.19 bits per heavy atom. The summed E-state index contributed by atoms with van der Waals surface area (Å²) in [4.78, 5) is 35.4. The molecule has 1 unspecified atom stereocenters. The van der Waals surface area contributed by atoms with Crippen LogP contribution in [0, 0.1) is 0 Å². The molecule has 1 atom stereocenters. The van der Waals surface area contributed by atoms with Gasteiger partial charge in [-0.15, -0.1) is 0 Å². The summed E-state index contributed by atoms with van der Waals surface area (Å²) in [7, 11) is 1.54. The lowest BCUT2D eigenvalue weighted by Gasteiger charge is -2.14. The Morgan fingerprint density at radius 1 is 0.926 bits per heavy atom. The predicted molar refractivity (Wildman–Crippen MR) is 96.1 cm³/mol. The van der Waals surface area contributed by atoms with E-state index in [2.05, 4.69) is 10.9 Å². The van der Waals surface area contributed by atoms with Crippen LogP contribution in [0.3, 0.4) is 0 Å². The van der Waals surface area contributed by atoms with Crippen LogP contribution in [0.4, 0.5) is 0 Å². The van der Waals surface area contributed by atoms with Gasteiger partial charge in [-0.05, 0) is 43.3 Å². The maximum atomic E-state index is 11.9. The number of rotatable bonds is 7. The molecule has 0 spiro atoms. The molecule has 8 heteroatoms. The molecule has 0 heterocycles. The lowest BCUT2D eigenvalue weighted by Crippen LogP contribution is -2.44. The topological polar surface area (TPSA) is 103 Å². The summed E-state index contributed by atoms with van der Waals surface area (Å²) >= 11 is 0. The van der Waals surface area contributed by atoms with Gasteiger partial charge in [-0.1, -0.05) is 18.2 Å². The minimum atomic E-state index is -0.912. The van der Waals surface area contributed by atoms with Crippen molar-refractivity contribution in [2.45, 2.75) is 13.0 Å². The van der Waals surface area contributed by atoms with E-state index in [4.69, 9.17) is 14.2 Å². The molecule has 27 heavy (non-hydrogen) atoms. The van der Waals surface area contributed by atoms with Crippen LogP contribution in [0.1, 0.15) is 17.3 Å². The molecule has 0 saturated heterocycles. The van der Waals surface area contributed by atoms with Gasteiger partial charge in [0.15, 0.2) is 12.7 Å². The third kappa shape index (κ3) is 6.35. The third-order valence-corrected chi connectivity index (χ3v) is 3.40. The number of benzene rings is 2. The van der Waals surface area contributed by atoms with Gasteiger partial charge in [0, 0.05) is 5.56 Å². The van der Waals surface area contributed by atoms with Crippen LogP contribution >= 0.6 is 0 Å². The fourth-order valence-corrected chi connectivity index (χ4v) is 1.98. The maximum absolute atomic E-state index is 11.9. The zero-order chi connectivity index (χ0) is 19.6. The van der Waals surface area contributed by atoms with Crippen molar-refractivity contribution in [3.8, 4) is 11.5 Å². The third-order valence-electron chi connectivity index (χ3n) is 3.40. The first kappa shape index (κ1) is 19.8. The molecule has 2 aromatic rings. The van der Waals surface area contributed by atoms with Gasteiger partial charge >= 0.3 is 5.97 Å². The van der Waals surface area contributed by atoms with E-state index in [0.29, 0.717) is 17.1 Å². The minimum Gasteiger partial charge on any atom is -0.497 e. The largest absolute Gasteiger partial charge is 0.497 e. The average Bonchev–Trinajstić information content (AvgIpc) is 2.71. The Bertz CT molecular complexity index is 777. The molecular formula is C19H20N2O6. The van der Waals surface area contributed by atoms with Gasteiger partial charge in [0.05, 0.1) is 7.11 Å². The minimum absolute atomic E-state index is 0.385. The molecular weight excluding hydrogens is 352 g/mol. The number of carbonyl (C=O) groups is 3. The van der Waals surface area contributed by atoms with Crippen LogP contribution in [-0.4, -0.2) is 37.6 Å². The fraction of sp³-hybridized carbons (Fsp3) is 0.211. The Balaban J connectivity index is 1.71. The molecule has 2 amide bonds. The van der Waals surface area contributed by atoms with E-state index in [9.17, 15) is 14.4 Å². The maximum Gasteiger partial charge on any atom is 0.347 e. The number of esters is 1. The van der Waals surface area contributed by atoms with E-state index >= 15 is 0 Å². The van der Waals surface area contributed by atoms with E-state index < -0.39 is 30.5 Å². The predicted octanol–water partition coefficient (Wildman–Crippen LogP) is 1.47. The molecule has 0 aliphatic heterocycles. The van der Waals surface area contributed by atoms with Crippen molar-refractivity contribution in [3.05, 3.63) is 60.2 Å². The Hall–Kier alpha value is -3.55. The summed E-state index contributed by atoms with van der Waals surface area (Å²) in [6.07, 6.45) is -0.912. The summed E-state index contributed by atoms with van der Waals surface area (Å²) in [6.45, 7) is 0.950. The summed E-state index contributed by atoms with van der Waals surface area (Å²) < 4.78 is 15.3. The van der Waals surface area contributed by atoms with E-state index in [1.807, 2.05) is 0 Å². The molecule has 0 bridgehead atoms. The molecule has 0 saturated carbocycles. The van der Waals surface area contributed by atoms with Crippen molar-refractivity contribution < 1.29 is 28.6 Å². The normalized spacial score (nSPS) is 11.0. The molecule has 0 fully saturated rings. The summed E-state index contributed by atoms with van der Waals surface area (Å²) in [5.41, 5.74) is 4.78. The second-order valence-electron chi connectivity index (χ2n) is 5.41. The van der Waals surface area contributed by atoms with Crippen molar-refractivity contribution in [1.82, 2.24) is 10.9 Å². The molecule has 142 valence electrons. The van der Waals surface area contributed by atoms with Crippen LogP contribution in [0.5, 0.6) is 11.5 Å². The molecule has 0 aliphatic carbocycles. The summed E-state index contributed by atoms with van der Waals surface area (Å²) in [6, 6.07) is 15.0. The number of nitrogens with one attached hydrogen (secondary N) is 2. The smallest absolute Gasteiger partial charge is 0.347 e. The van der Waals surface area contributed by atoms with E-state index in [1.165, 1.54) is 6.92 Å². The standard InChI is InChI=1S/C19H20N2O6/c1-13(27-16-10-8-15(25-2)9-11-16)19(24)26-12-17(22)20-21-18(23)14-6-4-3-5-7-14/h3-11,13H,12H2,1-2H3,(H,20,22)(H,21,23). The van der Waals surface area contributed by atoms with E-state index in [1.54, 1.807) is 61.7 Å². The Morgan fingerprint density at radius 2 is 1.56 bits per heavy atom. The van der Waals surface area contributed by atoms with Gasteiger partial charge in [-0.2, -0.15) is 0 Å². The van der Waals surface area contributed by atoms with Crippen LogP contribution < -0.4 is 20.3 Å². The number of hydrogen-bond donors (Lipinski definition) is 2. The average molecular weight is 372 g/mol. The zero-order valence-electron chi connectivity index (χ0n) is 14.9. The monoisotopic (exact) mass is 372 g/mol. The second-order valence-corrected chi connectivity index (χ2v) is 5.41. The Labute approximate surface area is 156 Å². The summed E-state index contributed by atoms with van der Waals surface area (Å²) in [5.74, 6) is -0.752. The van der Waals surface area contributed by atoms with Crippen LogP contribution in [0.25, 0.3) is 0 Å². The number of amides is 2. The van der Waals surface area contributed by atoms with Gasteiger partial charge in [-0.3, -0.25) is 20.4 Å². The molecule has 2 rings (SSSR count). The highest BCUT2D eigenvalue weighted by atomic mass is 16.6. The van der Waals surface area contributed by atoms with Crippen LogP contribution in [0.15, 0.2) is 54.6 Å².